The van der Waals surface area contributed by atoms with Crippen LogP contribution in [0.15, 0.2) is 60.5 Å². The molecule has 0 saturated heterocycles. The summed E-state index contributed by atoms with van der Waals surface area (Å²) in [5, 5.41) is 12.6. The summed E-state index contributed by atoms with van der Waals surface area (Å²) in [7, 11) is 0. The predicted molar refractivity (Wildman–Crippen MR) is 109 cm³/mol. The van der Waals surface area contributed by atoms with Crippen LogP contribution in [0, 0.1) is 6.92 Å². The standard InChI is InChI=1S/C19H18ClN5OS/c1-3-11-25-18(14-7-9-21-10-8-14)23-24-19(25)27-12-17(26)22-16-6-4-5-15(20)13(16)2/h3-10H,1,11-12H2,2H3,(H,22,26). The Kier molecular flexibility index (Phi) is 6.26. The van der Waals surface area contributed by atoms with Gasteiger partial charge in [0.15, 0.2) is 11.0 Å². The Labute approximate surface area is 166 Å². The van der Waals surface area contributed by atoms with Crippen molar-refractivity contribution in [1.82, 2.24) is 19.7 Å². The SMILES string of the molecule is C=CCn1c(SCC(=O)Nc2cccc(Cl)c2C)nnc1-c1ccncc1. The fourth-order valence-electron chi connectivity index (χ4n) is 2.46. The van der Waals surface area contributed by atoms with E-state index in [9.17, 15) is 4.79 Å². The third-order valence-corrected chi connectivity index (χ3v) is 5.22. The second-order valence-corrected chi connectivity index (χ2v) is 7.04. The second-order valence-electron chi connectivity index (χ2n) is 5.69. The van der Waals surface area contributed by atoms with Gasteiger partial charge in [-0.05, 0) is 36.8 Å². The van der Waals surface area contributed by atoms with Gasteiger partial charge in [-0.15, -0.1) is 16.8 Å². The highest BCUT2D eigenvalue weighted by Gasteiger charge is 2.15. The van der Waals surface area contributed by atoms with Crippen molar-refractivity contribution >= 4 is 35.0 Å². The van der Waals surface area contributed by atoms with Crippen molar-refractivity contribution in [3.05, 3.63) is 66.0 Å². The summed E-state index contributed by atoms with van der Waals surface area (Å²) in [5.74, 6) is 0.785. The number of hydrogen-bond donors (Lipinski definition) is 1. The summed E-state index contributed by atoms with van der Waals surface area (Å²) in [6.07, 6.45) is 5.18. The maximum Gasteiger partial charge on any atom is 0.234 e. The number of benzene rings is 1. The molecule has 3 aromatic rings. The highest BCUT2D eigenvalue weighted by molar-refractivity contribution is 7.99. The predicted octanol–water partition coefficient (Wildman–Crippen LogP) is 4.22. The lowest BCUT2D eigenvalue weighted by molar-refractivity contribution is -0.113. The monoisotopic (exact) mass is 399 g/mol. The molecule has 138 valence electrons. The van der Waals surface area contributed by atoms with Gasteiger partial charge in [-0.1, -0.05) is 35.5 Å². The van der Waals surface area contributed by atoms with Gasteiger partial charge in [-0.3, -0.25) is 14.3 Å². The number of rotatable bonds is 7. The Morgan fingerprint density at radius 1 is 1.30 bits per heavy atom. The summed E-state index contributed by atoms with van der Waals surface area (Å²) in [6.45, 7) is 6.20. The maximum atomic E-state index is 12.3. The summed E-state index contributed by atoms with van der Waals surface area (Å²) in [4.78, 5) is 16.4. The first-order valence-corrected chi connectivity index (χ1v) is 9.58. The van der Waals surface area contributed by atoms with Gasteiger partial charge in [0, 0.05) is 35.2 Å². The van der Waals surface area contributed by atoms with E-state index in [0.717, 1.165) is 11.1 Å². The number of allylic oxidation sites excluding steroid dienone is 1. The highest BCUT2D eigenvalue weighted by atomic mass is 35.5. The van der Waals surface area contributed by atoms with E-state index >= 15 is 0 Å². The van der Waals surface area contributed by atoms with Crippen molar-refractivity contribution in [3.63, 3.8) is 0 Å². The van der Waals surface area contributed by atoms with Crippen LogP contribution >= 0.6 is 23.4 Å². The molecule has 2 heterocycles. The van der Waals surface area contributed by atoms with E-state index in [1.165, 1.54) is 11.8 Å². The van der Waals surface area contributed by atoms with Crippen molar-refractivity contribution < 1.29 is 4.79 Å². The summed E-state index contributed by atoms with van der Waals surface area (Å²) in [5.41, 5.74) is 2.45. The molecular formula is C19H18ClN5OS. The molecule has 1 N–H and O–H groups in total. The summed E-state index contributed by atoms with van der Waals surface area (Å²) >= 11 is 7.42. The number of anilines is 1. The van der Waals surface area contributed by atoms with E-state index in [2.05, 4.69) is 27.1 Å². The summed E-state index contributed by atoms with van der Waals surface area (Å²) < 4.78 is 1.92. The number of carbonyl (C=O) groups excluding carboxylic acids is 1. The van der Waals surface area contributed by atoms with Crippen LogP contribution < -0.4 is 5.32 Å². The molecule has 27 heavy (non-hydrogen) atoms. The first-order valence-electron chi connectivity index (χ1n) is 8.22. The molecule has 1 amide bonds. The first kappa shape index (κ1) is 19.1. The van der Waals surface area contributed by atoms with E-state index in [4.69, 9.17) is 11.6 Å². The molecular weight excluding hydrogens is 382 g/mol. The number of carbonyl (C=O) groups is 1. The number of aromatic nitrogens is 4. The van der Waals surface area contributed by atoms with Crippen LogP contribution in [0.25, 0.3) is 11.4 Å². The lowest BCUT2D eigenvalue weighted by Crippen LogP contribution is -2.15. The molecule has 0 aliphatic carbocycles. The maximum absolute atomic E-state index is 12.3. The molecule has 2 aromatic heterocycles. The lowest BCUT2D eigenvalue weighted by Gasteiger charge is -2.10. The van der Waals surface area contributed by atoms with Gasteiger partial charge in [-0.25, -0.2) is 0 Å². The minimum Gasteiger partial charge on any atom is -0.325 e. The minimum atomic E-state index is -0.135. The molecule has 0 aliphatic rings. The van der Waals surface area contributed by atoms with Gasteiger partial charge in [-0.2, -0.15) is 0 Å². The lowest BCUT2D eigenvalue weighted by atomic mass is 10.2. The number of hydrogen-bond acceptors (Lipinski definition) is 5. The zero-order chi connectivity index (χ0) is 19.2. The topological polar surface area (TPSA) is 72.7 Å². The highest BCUT2D eigenvalue weighted by Crippen LogP contribution is 2.25. The second kappa shape index (κ2) is 8.83. The van der Waals surface area contributed by atoms with Crippen LogP contribution in [-0.2, 0) is 11.3 Å². The first-order chi connectivity index (χ1) is 13.1. The van der Waals surface area contributed by atoms with Gasteiger partial charge in [0.2, 0.25) is 5.91 Å². The average molecular weight is 400 g/mol. The van der Waals surface area contributed by atoms with Crippen LogP contribution in [-0.4, -0.2) is 31.4 Å². The molecule has 0 aliphatic heterocycles. The number of pyridine rings is 1. The molecule has 8 heteroatoms. The molecule has 3 rings (SSSR count). The van der Waals surface area contributed by atoms with Crippen LogP contribution in [0.2, 0.25) is 5.02 Å². The van der Waals surface area contributed by atoms with Crippen molar-refractivity contribution in [3.8, 4) is 11.4 Å². The Morgan fingerprint density at radius 2 is 2.07 bits per heavy atom. The van der Waals surface area contributed by atoms with Gasteiger partial charge in [0.25, 0.3) is 0 Å². The third-order valence-electron chi connectivity index (χ3n) is 3.84. The number of thioether (sulfide) groups is 1. The smallest absolute Gasteiger partial charge is 0.234 e. The van der Waals surface area contributed by atoms with E-state index in [-0.39, 0.29) is 11.7 Å². The van der Waals surface area contributed by atoms with E-state index < -0.39 is 0 Å². The van der Waals surface area contributed by atoms with Crippen LogP contribution in [0.3, 0.4) is 0 Å². The molecule has 6 nitrogen and oxygen atoms in total. The Bertz CT molecular complexity index is 958. The molecule has 0 fully saturated rings. The average Bonchev–Trinajstić information content (AvgIpc) is 3.07. The zero-order valence-corrected chi connectivity index (χ0v) is 16.3. The van der Waals surface area contributed by atoms with Crippen molar-refractivity contribution in [1.29, 1.82) is 0 Å². The number of nitrogens with zero attached hydrogens (tertiary/aromatic N) is 4. The van der Waals surface area contributed by atoms with E-state index in [0.29, 0.717) is 28.2 Å². The normalized spacial score (nSPS) is 10.6. The Balaban J connectivity index is 1.72. The number of nitrogens with one attached hydrogen (secondary N) is 1. The van der Waals surface area contributed by atoms with Gasteiger partial charge in [0.05, 0.1) is 5.75 Å². The molecule has 1 aromatic carbocycles. The number of halogens is 1. The van der Waals surface area contributed by atoms with E-state index in [1.807, 2.05) is 29.7 Å². The van der Waals surface area contributed by atoms with Crippen LogP contribution in [0.4, 0.5) is 5.69 Å². The molecule has 0 atom stereocenters. The minimum absolute atomic E-state index is 0.135. The molecule has 0 saturated carbocycles. The van der Waals surface area contributed by atoms with Gasteiger partial charge < -0.3 is 5.32 Å². The Morgan fingerprint density at radius 3 is 2.81 bits per heavy atom. The van der Waals surface area contributed by atoms with Gasteiger partial charge in [0.1, 0.15) is 0 Å². The van der Waals surface area contributed by atoms with Crippen molar-refractivity contribution in [2.75, 3.05) is 11.1 Å². The van der Waals surface area contributed by atoms with Crippen molar-refractivity contribution in [2.24, 2.45) is 0 Å². The molecule has 0 unspecified atom stereocenters. The quantitative estimate of drug-likeness (QED) is 0.475. The largest absolute Gasteiger partial charge is 0.325 e. The van der Waals surface area contributed by atoms with Crippen LogP contribution in [0.1, 0.15) is 5.56 Å². The molecule has 0 spiro atoms. The zero-order valence-electron chi connectivity index (χ0n) is 14.7. The Hall–Kier alpha value is -2.64. The van der Waals surface area contributed by atoms with E-state index in [1.54, 1.807) is 30.6 Å². The fraction of sp³-hybridized carbons (Fsp3) is 0.158. The van der Waals surface area contributed by atoms with Crippen molar-refractivity contribution in [2.45, 2.75) is 18.6 Å². The fourth-order valence-corrected chi connectivity index (χ4v) is 3.39. The number of amides is 1. The molecule has 0 radical (unpaired) electrons. The van der Waals surface area contributed by atoms with Crippen LogP contribution in [0.5, 0.6) is 0 Å². The molecule has 0 bridgehead atoms. The van der Waals surface area contributed by atoms with Gasteiger partial charge >= 0.3 is 0 Å². The summed E-state index contributed by atoms with van der Waals surface area (Å²) in [6, 6.07) is 9.16. The third kappa shape index (κ3) is 4.56.